The maximum atomic E-state index is 15.6. The summed E-state index contributed by atoms with van der Waals surface area (Å²) < 4.78 is 22.8. The van der Waals surface area contributed by atoms with Gasteiger partial charge in [-0.3, -0.25) is 14.3 Å². The fourth-order valence-corrected chi connectivity index (χ4v) is 6.76. The number of aromatic nitrogens is 4. The Balaban J connectivity index is 0.000000308. The monoisotopic (exact) mass is 607 g/mol. The number of anilines is 1. The van der Waals surface area contributed by atoms with Gasteiger partial charge in [0.25, 0.3) is 11.5 Å². The van der Waals surface area contributed by atoms with Gasteiger partial charge in [-0.15, -0.1) is 11.3 Å². The van der Waals surface area contributed by atoms with Gasteiger partial charge >= 0.3 is 0 Å². The molecule has 1 aromatic carbocycles. The molecule has 2 unspecified atom stereocenters. The number of fused-ring (bicyclic) bond motifs is 2. The predicted molar refractivity (Wildman–Crippen MR) is 165 cm³/mol. The van der Waals surface area contributed by atoms with E-state index in [1.807, 2.05) is 39.3 Å². The number of aryl methyl sites for hydroxylation is 2. The molecule has 0 bridgehead atoms. The number of H-pyrrole nitrogens is 1. The topological polar surface area (TPSA) is 122 Å². The molecule has 3 N–H and O–H groups in total. The van der Waals surface area contributed by atoms with E-state index >= 15 is 4.39 Å². The van der Waals surface area contributed by atoms with Crippen molar-refractivity contribution in [2.75, 3.05) is 11.9 Å². The molecule has 2 atom stereocenters. The van der Waals surface area contributed by atoms with Crippen molar-refractivity contribution >= 4 is 22.9 Å². The highest BCUT2D eigenvalue weighted by Gasteiger charge is 2.40. The molecule has 0 radical (unpaired) electrons. The van der Waals surface area contributed by atoms with Gasteiger partial charge in [-0.2, -0.15) is 10.2 Å². The van der Waals surface area contributed by atoms with Crippen LogP contribution in [-0.2, 0) is 24.3 Å². The molecule has 9 nitrogen and oxygen atoms in total. The Morgan fingerprint density at radius 3 is 2.77 bits per heavy atom. The minimum absolute atomic E-state index is 0.00397. The van der Waals surface area contributed by atoms with E-state index in [0.717, 1.165) is 42.3 Å². The first-order valence-corrected chi connectivity index (χ1v) is 15.3. The maximum Gasteiger partial charge on any atom is 0.267 e. The largest absolute Gasteiger partial charge is 0.388 e. The lowest BCUT2D eigenvalue weighted by Gasteiger charge is -2.22. The number of carbonyl (C=O) groups is 1. The van der Waals surface area contributed by atoms with Crippen molar-refractivity contribution in [2.45, 2.75) is 79.6 Å². The first-order valence-electron chi connectivity index (χ1n) is 14.5. The van der Waals surface area contributed by atoms with Crippen LogP contribution in [0.4, 0.5) is 10.1 Å². The van der Waals surface area contributed by atoms with Gasteiger partial charge in [-0.05, 0) is 73.4 Å². The Hall–Kier alpha value is -3.67. The zero-order valence-corrected chi connectivity index (χ0v) is 26.2. The normalized spacial score (nSPS) is 17.4. The maximum absolute atomic E-state index is 15.6. The summed E-state index contributed by atoms with van der Waals surface area (Å²) in [5.74, 6) is -1.03. The second-order valence-electron chi connectivity index (χ2n) is 12.0. The van der Waals surface area contributed by atoms with E-state index in [0.29, 0.717) is 28.1 Å². The van der Waals surface area contributed by atoms with E-state index in [4.69, 9.17) is 4.74 Å². The highest BCUT2D eigenvalue weighted by Crippen LogP contribution is 2.48. The minimum atomic E-state index is -0.627. The fraction of sp³-hybridized carbons (Fsp3) is 0.438. The molecular formula is C32H38FN5O4S. The highest BCUT2D eigenvalue weighted by molar-refractivity contribution is 7.14. The van der Waals surface area contributed by atoms with Crippen LogP contribution in [0.25, 0.3) is 11.3 Å². The number of hydrogen-bond donors (Lipinski definition) is 3. The number of aromatic amines is 1. The van der Waals surface area contributed by atoms with Gasteiger partial charge in [-0.1, -0.05) is 33.8 Å². The molecular weight excluding hydrogens is 569 g/mol. The summed E-state index contributed by atoms with van der Waals surface area (Å²) in [6.45, 7) is 14.0. The number of amides is 1. The van der Waals surface area contributed by atoms with Gasteiger partial charge < -0.3 is 15.2 Å². The lowest BCUT2D eigenvalue weighted by Crippen LogP contribution is -2.18. The molecule has 43 heavy (non-hydrogen) atoms. The van der Waals surface area contributed by atoms with Gasteiger partial charge in [0, 0.05) is 16.0 Å². The fourth-order valence-electron chi connectivity index (χ4n) is 5.44. The number of ether oxygens (including phenoxy) is 1. The van der Waals surface area contributed by atoms with Gasteiger partial charge in [0.1, 0.15) is 0 Å². The molecule has 1 aliphatic carbocycles. The van der Waals surface area contributed by atoms with Crippen molar-refractivity contribution in [3.8, 4) is 11.3 Å². The molecule has 11 heteroatoms. The van der Waals surface area contributed by atoms with E-state index in [9.17, 15) is 14.7 Å². The number of thiophene rings is 1. The Bertz CT molecular complexity index is 1700. The Morgan fingerprint density at radius 1 is 1.30 bits per heavy atom. The second-order valence-corrected chi connectivity index (χ2v) is 13.2. The van der Waals surface area contributed by atoms with Gasteiger partial charge in [0.2, 0.25) is 0 Å². The SMILES string of the molecule is CCC(C)c1cc(-c2ccc(C)c(NC(=O)c3cc4c(s3)CC(C)(C)C4O)c2F)n[nH]c1=O.Cc1cc2n(n1)CCOC2. The molecule has 0 saturated heterocycles. The van der Waals surface area contributed by atoms with Crippen molar-refractivity contribution in [3.63, 3.8) is 0 Å². The summed E-state index contributed by atoms with van der Waals surface area (Å²) in [7, 11) is 0. The third-order valence-electron chi connectivity index (χ3n) is 8.24. The van der Waals surface area contributed by atoms with Crippen LogP contribution in [0.5, 0.6) is 0 Å². The van der Waals surface area contributed by atoms with E-state index in [1.54, 1.807) is 31.2 Å². The molecule has 3 aromatic heterocycles. The standard InChI is InChI=1S/C25H28FN3O3S.C7H10N2O/c1-6-12(2)15-9-17(28-29-23(15)31)14-8-7-13(3)21(20(14)26)27-24(32)18-10-16-19(33-18)11-25(4,5)22(16)30;1-6-4-7-5-10-3-2-9(7)8-6/h7-10,12,22,30H,6,11H2,1-5H3,(H,27,32)(H,29,31);4H,2-3,5H2,1H3. The summed E-state index contributed by atoms with van der Waals surface area (Å²) in [5, 5.41) is 24.0. The van der Waals surface area contributed by atoms with Crippen LogP contribution in [-0.4, -0.2) is 37.6 Å². The molecule has 2 aliphatic rings. The molecule has 0 saturated carbocycles. The van der Waals surface area contributed by atoms with Gasteiger partial charge in [-0.25, -0.2) is 9.49 Å². The van der Waals surface area contributed by atoms with Crippen LogP contribution in [0.1, 0.15) is 88.8 Å². The molecule has 0 spiro atoms. The zero-order valence-electron chi connectivity index (χ0n) is 25.4. The number of carbonyl (C=O) groups excluding carboxylic acids is 1. The molecule has 1 aliphatic heterocycles. The Kier molecular flexibility index (Phi) is 8.69. The van der Waals surface area contributed by atoms with E-state index in [1.165, 1.54) is 17.0 Å². The van der Waals surface area contributed by atoms with Crippen molar-refractivity contribution in [2.24, 2.45) is 5.41 Å². The minimum Gasteiger partial charge on any atom is -0.388 e. The quantitative estimate of drug-likeness (QED) is 0.254. The number of benzene rings is 1. The summed E-state index contributed by atoms with van der Waals surface area (Å²) in [4.78, 5) is 26.5. The molecule has 0 fully saturated rings. The van der Waals surface area contributed by atoms with Gasteiger partial charge in [0.15, 0.2) is 5.82 Å². The van der Waals surface area contributed by atoms with Crippen LogP contribution in [0.2, 0.25) is 0 Å². The number of aliphatic hydroxyl groups excluding tert-OH is 1. The summed E-state index contributed by atoms with van der Waals surface area (Å²) in [6.07, 6.45) is 0.833. The zero-order chi connectivity index (χ0) is 31.1. The van der Waals surface area contributed by atoms with E-state index in [-0.39, 0.29) is 28.1 Å². The molecule has 1 amide bonds. The van der Waals surface area contributed by atoms with Crippen molar-refractivity contribution < 1.29 is 19.0 Å². The molecule has 4 aromatic rings. The average molecular weight is 608 g/mol. The molecule has 6 rings (SSSR count). The van der Waals surface area contributed by atoms with Crippen molar-refractivity contribution in [3.05, 3.63) is 84.3 Å². The van der Waals surface area contributed by atoms with Crippen molar-refractivity contribution in [1.82, 2.24) is 20.0 Å². The second kappa shape index (κ2) is 12.1. The molecule has 4 heterocycles. The number of rotatable bonds is 5. The number of aliphatic hydroxyl groups is 1. The number of nitrogens with one attached hydrogen (secondary N) is 2. The number of nitrogens with zero attached hydrogens (tertiary/aromatic N) is 3. The third kappa shape index (κ3) is 6.20. The van der Waals surface area contributed by atoms with Crippen molar-refractivity contribution in [1.29, 1.82) is 0 Å². The highest BCUT2D eigenvalue weighted by atomic mass is 32.1. The third-order valence-corrected chi connectivity index (χ3v) is 9.39. The Morgan fingerprint density at radius 2 is 2.07 bits per heavy atom. The number of hydrogen-bond acceptors (Lipinski definition) is 7. The van der Waals surface area contributed by atoms with Crippen LogP contribution in [0, 0.1) is 25.1 Å². The number of halogens is 1. The lowest BCUT2D eigenvalue weighted by atomic mass is 9.88. The van der Waals surface area contributed by atoms with Crippen LogP contribution < -0.4 is 10.9 Å². The summed E-state index contributed by atoms with van der Waals surface area (Å²) in [6, 6.07) is 8.69. The predicted octanol–water partition coefficient (Wildman–Crippen LogP) is 6.05. The average Bonchev–Trinajstić information content (AvgIpc) is 3.62. The van der Waals surface area contributed by atoms with Crippen LogP contribution in [0.15, 0.2) is 35.1 Å². The summed E-state index contributed by atoms with van der Waals surface area (Å²) in [5.41, 5.74) is 4.20. The first kappa shape index (κ1) is 30.8. The van der Waals surface area contributed by atoms with Gasteiger partial charge in [0.05, 0.1) is 53.5 Å². The van der Waals surface area contributed by atoms with Crippen LogP contribution >= 0.6 is 11.3 Å². The summed E-state index contributed by atoms with van der Waals surface area (Å²) >= 11 is 1.33. The Labute approximate surface area is 254 Å². The lowest BCUT2D eigenvalue weighted by molar-refractivity contribution is 0.0665. The van der Waals surface area contributed by atoms with E-state index in [2.05, 4.69) is 26.7 Å². The van der Waals surface area contributed by atoms with E-state index < -0.39 is 17.8 Å². The van der Waals surface area contributed by atoms with Crippen LogP contribution in [0.3, 0.4) is 0 Å². The molecule has 228 valence electrons. The first-order chi connectivity index (χ1) is 20.4. The smallest absolute Gasteiger partial charge is 0.267 e.